The fourth-order valence-corrected chi connectivity index (χ4v) is 3.19. The number of hydrogen-bond acceptors (Lipinski definition) is 3. The van der Waals surface area contributed by atoms with Crippen molar-refractivity contribution in [1.82, 2.24) is 4.90 Å². The van der Waals surface area contributed by atoms with Crippen molar-refractivity contribution >= 4 is 17.4 Å². The molecule has 1 N–H and O–H groups in total. The molecule has 3 nitrogen and oxygen atoms in total. The number of rotatable bonds is 3. The number of benzene rings is 1. The monoisotopic (exact) mass is 295 g/mol. The Balaban J connectivity index is 2.23. The molecule has 2 unspecified atom stereocenters. The van der Waals surface area contributed by atoms with Crippen LogP contribution in [0, 0.1) is 5.92 Å². The number of Topliss-reactive ketones (excluding diaryl/α,β-unsaturated/α-hetero) is 1. The molecule has 1 fully saturated rings. The number of ketones is 1. The van der Waals surface area contributed by atoms with Crippen molar-refractivity contribution in [2.24, 2.45) is 5.92 Å². The summed E-state index contributed by atoms with van der Waals surface area (Å²) >= 11 is 6.06. The van der Waals surface area contributed by atoms with E-state index in [2.05, 4.69) is 18.7 Å². The van der Waals surface area contributed by atoms with Gasteiger partial charge in [0.1, 0.15) is 5.75 Å². The van der Waals surface area contributed by atoms with Crippen LogP contribution in [0.25, 0.3) is 0 Å². The van der Waals surface area contributed by atoms with Crippen LogP contribution in [0.15, 0.2) is 12.1 Å². The van der Waals surface area contributed by atoms with Gasteiger partial charge in [-0.1, -0.05) is 18.5 Å². The SMILES string of the molecule is CC(=O)c1cc(Cl)cc(CN2CCC(C)CC2C)c1O. The van der Waals surface area contributed by atoms with Gasteiger partial charge >= 0.3 is 0 Å². The van der Waals surface area contributed by atoms with E-state index < -0.39 is 0 Å². The number of aromatic hydroxyl groups is 1. The van der Waals surface area contributed by atoms with Crippen molar-refractivity contribution < 1.29 is 9.90 Å². The largest absolute Gasteiger partial charge is 0.507 e. The van der Waals surface area contributed by atoms with E-state index in [9.17, 15) is 9.90 Å². The minimum Gasteiger partial charge on any atom is -0.507 e. The molecule has 0 amide bonds. The Bertz CT molecular complexity index is 515. The van der Waals surface area contributed by atoms with Gasteiger partial charge in [0.15, 0.2) is 5.78 Å². The molecule has 1 aliphatic heterocycles. The van der Waals surface area contributed by atoms with Gasteiger partial charge in [-0.05, 0) is 51.3 Å². The van der Waals surface area contributed by atoms with Crippen LogP contribution >= 0.6 is 11.6 Å². The molecule has 0 bridgehead atoms. The summed E-state index contributed by atoms with van der Waals surface area (Å²) in [5.74, 6) is 0.668. The Morgan fingerprint density at radius 2 is 2.15 bits per heavy atom. The van der Waals surface area contributed by atoms with E-state index in [-0.39, 0.29) is 11.5 Å². The number of hydrogen-bond donors (Lipinski definition) is 1. The predicted octanol–water partition coefficient (Wildman–Crippen LogP) is 3.87. The third-order valence-corrected chi connectivity index (χ3v) is 4.40. The van der Waals surface area contributed by atoms with Crippen LogP contribution in [0.3, 0.4) is 0 Å². The molecular formula is C16H22ClNO2. The zero-order valence-corrected chi connectivity index (χ0v) is 13.1. The fourth-order valence-electron chi connectivity index (χ4n) is 2.95. The van der Waals surface area contributed by atoms with E-state index in [1.807, 2.05) is 0 Å². The van der Waals surface area contributed by atoms with Crippen molar-refractivity contribution in [3.63, 3.8) is 0 Å². The van der Waals surface area contributed by atoms with Gasteiger partial charge in [-0.2, -0.15) is 0 Å². The number of halogens is 1. The molecule has 1 aromatic carbocycles. The molecule has 1 aliphatic rings. The van der Waals surface area contributed by atoms with Gasteiger partial charge in [0.25, 0.3) is 0 Å². The summed E-state index contributed by atoms with van der Waals surface area (Å²) in [5, 5.41) is 10.7. The molecule has 1 heterocycles. The number of carbonyl (C=O) groups is 1. The standard InChI is InChI=1S/C16H22ClNO2/c1-10-4-5-18(11(2)6-10)9-13-7-14(17)8-15(12(3)19)16(13)20/h7-8,10-11,20H,4-6,9H2,1-3H3. The highest BCUT2D eigenvalue weighted by molar-refractivity contribution is 6.31. The van der Waals surface area contributed by atoms with Crippen molar-refractivity contribution in [2.75, 3.05) is 6.54 Å². The molecule has 20 heavy (non-hydrogen) atoms. The summed E-state index contributed by atoms with van der Waals surface area (Å²) in [6.45, 7) is 7.59. The highest BCUT2D eigenvalue weighted by Crippen LogP contribution is 2.31. The maximum Gasteiger partial charge on any atom is 0.163 e. The van der Waals surface area contributed by atoms with E-state index in [1.165, 1.54) is 25.8 Å². The minimum absolute atomic E-state index is 0.0766. The lowest BCUT2D eigenvalue weighted by Gasteiger charge is -2.36. The molecule has 4 heteroatoms. The average molecular weight is 296 g/mol. The number of phenolic OH excluding ortho intramolecular Hbond substituents is 1. The Hall–Kier alpha value is -1.06. The number of likely N-dealkylation sites (tertiary alicyclic amines) is 1. The summed E-state index contributed by atoms with van der Waals surface area (Å²) in [7, 11) is 0. The lowest BCUT2D eigenvalue weighted by molar-refractivity contribution is 0.101. The third kappa shape index (κ3) is 3.33. The van der Waals surface area contributed by atoms with E-state index in [0.717, 1.165) is 18.0 Å². The molecule has 2 rings (SSSR count). The maximum atomic E-state index is 11.5. The zero-order valence-electron chi connectivity index (χ0n) is 12.3. The number of piperidine rings is 1. The van der Waals surface area contributed by atoms with Crippen molar-refractivity contribution in [3.8, 4) is 5.75 Å². The smallest absolute Gasteiger partial charge is 0.163 e. The highest BCUT2D eigenvalue weighted by atomic mass is 35.5. The Morgan fingerprint density at radius 3 is 2.75 bits per heavy atom. The molecule has 1 saturated heterocycles. The maximum absolute atomic E-state index is 11.5. The van der Waals surface area contributed by atoms with Gasteiger partial charge in [0.2, 0.25) is 0 Å². The lowest BCUT2D eigenvalue weighted by atomic mass is 9.93. The first-order chi connectivity index (χ1) is 9.38. The number of carbonyl (C=O) groups excluding carboxylic acids is 1. The van der Waals surface area contributed by atoms with Crippen LogP contribution in [0.1, 0.15) is 49.5 Å². The molecule has 0 aliphatic carbocycles. The fraction of sp³-hybridized carbons (Fsp3) is 0.562. The second-order valence-corrected chi connectivity index (χ2v) is 6.40. The summed E-state index contributed by atoms with van der Waals surface area (Å²) in [5.41, 5.74) is 1.05. The van der Waals surface area contributed by atoms with Crippen LogP contribution in [-0.2, 0) is 6.54 Å². The molecule has 0 aromatic heterocycles. The molecule has 0 radical (unpaired) electrons. The number of phenols is 1. The third-order valence-electron chi connectivity index (χ3n) is 4.18. The first-order valence-corrected chi connectivity index (χ1v) is 7.52. The topological polar surface area (TPSA) is 40.5 Å². The molecule has 0 spiro atoms. The summed E-state index contributed by atoms with van der Waals surface area (Å²) in [6, 6.07) is 3.77. The normalized spacial score (nSPS) is 23.8. The van der Waals surface area contributed by atoms with Gasteiger partial charge in [-0.15, -0.1) is 0 Å². The average Bonchev–Trinajstić information content (AvgIpc) is 2.36. The summed E-state index contributed by atoms with van der Waals surface area (Å²) in [4.78, 5) is 13.9. The first-order valence-electron chi connectivity index (χ1n) is 7.15. The Kier molecular flexibility index (Phi) is 4.71. The van der Waals surface area contributed by atoms with Crippen LogP contribution in [-0.4, -0.2) is 28.4 Å². The van der Waals surface area contributed by atoms with Crippen molar-refractivity contribution in [2.45, 2.75) is 46.2 Å². The summed E-state index contributed by atoms with van der Waals surface area (Å²) in [6.07, 6.45) is 2.34. The van der Waals surface area contributed by atoms with Crippen LogP contribution in [0.5, 0.6) is 5.75 Å². The van der Waals surface area contributed by atoms with Gasteiger partial charge in [0, 0.05) is 23.2 Å². The van der Waals surface area contributed by atoms with Crippen molar-refractivity contribution in [1.29, 1.82) is 0 Å². The highest BCUT2D eigenvalue weighted by Gasteiger charge is 2.24. The van der Waals surface area contributed by atoms with Gasteiger partial charge in [-0.3, -0.25) is 9.69 Å². The zero-order chi connectivity index (χ0) is 14.9. The van der Waals surface area contributed by atoms with Crippen LogP contribution in [0.2, 0.25) is 5.02 Å². The Morgan fingerprint density at radius 1 is 1.45 bits per heavy atom. The van der Waals surface area contributed by atoms with Crippen molar-refractivity contribution in [3.05, 3.63) is 28.3 Å². The van der Waals surface area contributed by atoms with E-state index in [0.29, 0.717) is 23.2 Å². The second-order valence-electron chi connectivity index (χ2n) is 5.97. The Labute approximate surface area is 125 Å². The second kappa shape index (κ2) is 6.15. The van der Waals surface area contributed by atoms with E-state index >= 15 is 0 Å². The van der Waals surface area contributed by atoms with Gasteiger partial charge in [-0.25, -0.2) is 0 Å². The molecule has 0 saturated carbocycles. The molecule has 2 atom stereocenters. The predicted molar refractivity (Wildman–Crippen MR) is 81.4 cm³/mol. The van der Waals surface area contributed by atoms with Gasteiger partial charge in [0.05, 0.1) is 5.56 Å². The molecule has 110 valence electrons. The van der Waals surface area contributed by atoms with E-state index in [1.54, 1.807) is 6.07 Å². The molecular weight excluding hydrogens is 274 g/mol. The minimum atomic E-state index is -0.161. The van der Waals surface area contributed by atoms with Gasteiger partial charge < -0.3 is 5.11 Å². The molecule has 1 aromatic rings. The quantitative estimate of drug-likeness (QED) is 0.861. The lowest BCUT2D eigenvalue weighted by Crippen LogP contribution is -2.39. The summed E-state index contributed by atoms with van der Waals surface area (Å²) < 4.78 is 0. The van der Waals surface area contributed by atoms with Crippen LogP contribution in [0.4, 0.5) is 0 Å². The number of nitrogens with zero attached hydrogens (tertiary/aromatic N) is 1. The van der Waals surface area contributed by atoms with Crippen LogP contribution < -0.4 is 0 Å². The first kappa shape index (κ1) is 15.3. The van der Waals surface area contributed by atoms with E-state index in [4.69, 9.17) is 11.6 Å².